The molecule has 7 heteroatoms. The number of aromatic nitrogens is 2. The maximum absolute atomic E-state index is 13.0. The summed E-state index contributed by atoms with van der Waals surface area (Å²) in [6, 6.07) is 3.08. The van der Waals surface area contributed by atoms with E-state index in [-0.39, 0.29) is 21.7 Å². The van der Waals surface area contributed by atoms with E-state index in [0.717, 1.165) is 12.1 Å². The van der Waals surface area contributed by atoms with Crippen LogP contribution < -0.4 is 0 Å². The van der Waals surface area contributed by atoms with E-state index < -0.39 is 17.6 Å². The number of carboxylic acids is 1. The maximum atomic E-state index is 13.0. The van der Waals surface area contributed by atoms with Crippen molar-refractivity contribution in [3.05, 3.63) is 40.3 Å². The molecule has 0 unspecified atom stereocenters. The molecule has 0 saturated heterocycles. The average Bonchev–Trinajstić information content (AvgIpc) is 2.64. The van der Waals surface area contributed by atoms with Crippen LogP contribution in [0, 0.1) is 16.4 Å². The van der Waals surface area contributed by atoms with Crippen LogP contribution in [0.1, 0.15) is 10.5 Å². The molecule has 88 valence electrons. The fourth-order valence-electron chi connectivity index (χ4n) is 1.41. The van der Waals surface area contributed by atoms with Gasteiger partial charge in [0.2, 0.25) is 0 Å². The number of aromatic amines is 2. The number of hydrogen-bond donors (Lipinski definition) is 3. The van der Waals surface area contributed by atoms with Gasteiger partial charge in [0.05, 0.1) is 5.69 Å². The molecule has 0 aliphatic carbocycles. The van der Waals surface area contributed by atoms with Crippen LogP contribution in [-0.2, 0) is 0 Å². The van der Waals surface area contributed by atoms with Crippen molar-refractivity contribution in [3.63, 3.8) is 0 Å². The van der Waals surface area contributed by atoms with E-state index in [1.54, 1.807) is 0 Å². The van der Waals surface area contributed by atoms with Crippen molar-refractivity contribution >= 4 is 18.2 Å². The van der Waals surface area contributed by atoms with Crippen LogP contribution in [0.15, 0.2) is 18.2 Å². The van der Waals surface area contributed by atoms with E-state index in [9.17, 15) is 13.6 Å². The number of imidazole rings is 1. The lowest BCUT2D eigenvalue weighted by molar-refractivity contribution is 0.0692. The van der Waals surface area contributed by atoms with Gasteiger partial charge in [-0.2, -0.15) is 0 Å². The van der Waals surface area contributed by atoms with E-state index >= 15 is 0 Å². The second-order valence-electron chi connectivity index (χ2n) is 3.26. The van der Waals surface area contributed by atoms with Crippen molar-refractivity contribution < 1.29 is 18.7 Å². The van der Waals surface area contributed by atoms with Gasteiger partial charge in [0.1, 0.15) is 0 Å². The zero-order valence-electron chi connectivity index (χ0n) is 8.25. The van der Waals surface area contributed by atoms with Gasteiger partial charge >= 0.3 is 5.97 Å². The van der Waals surface area contributed by atoms with Gasteiger partial charge in [0.15, 0.2) is 22.1 Å². The minimum atomic E-state index is -1.24. The summed E-state index contributed by atoms with van der Waals surface area (Å²) >= 11 is 4.76. The number of halogens is 2. The Hall–Kier alpha value is -2.02. The molecule has 0 bridgehead atoms. The van der Waals surface area contributed by atoms with Crippen molar-refractivity contribution in [2.75, 3.05) is 0 Å². The molecule has 3 N–H and O–H groups in total. The van der Waals surface area contributed by atoms with Gasteiger partial charge in [-0.05, 0) is 30.4 Å². The zero-order valence-corrected chi connectivity index (χ0v) is 9.07. The van der Waals surface area contributed by atoms with Crippen LogP contribution in [0.5, 0.6) is 0 Å². The summed E-state index contributed by atoms with van der Waals surface area (Å²) in [5.41, 5.74) is 0.121. The van der Waals surface area contributed by atoms with Crippen LogP contribution in [0.4, 0.5) is 8.78 Å². The van der Waals surface area contributed by atoms with Crippen LogP contribution in [0.25, 0.3) is 11.3 Å². The quantitative estimate of drug-likeness (QED) is 0.723. The highest BCUT2D eigenvalue weighted by Crippen LogP contribution is 2.22. The molecule has 1 aromatic heterocycles. The topological polar surface area (TPSA) is 68.9 Å². The first-order valence-corrected chi connectivity index (χ1v) is 4.91. The Bertz CT molecular complexity index is 648. The Labute approximate surface area is 98.9 Å². The number of nitrogens with one attached hydrogen (secondary N) is 2. The van der Waals surface area contributed by atoms with Gasteiger partial charge in [-0.25, -0.2) is 13.6 Å². The summed E-state index contributed by atoms with van der Waals surface area (Å²) in [6.45, 7) is 0. The highest BCUT2D eigenvalue weighted by Gasteiger charge is 2.15. The third kappa shape index (κ3) is 2.09. The number of benzene rings is 1. The summed E-state index contributed by atoms with van der Waals surface area (Å²) in [4.78, 5) is 15.9. The van der Waals surface area contributed by atoms with E-state index in [0.29, 0.717) is 0 Å². The highest BCUT2D eigenvalue weighted by atomic mass is 32.1. The summed E-state index contributed by atoms with van der Waals surface area (Å²) in [5, 5.41) is 8.90. The normalized spacial score (nSPS) is 10.5. The smallest absolute Gasteiger partial charge is 0.354 e. The van der Waals surface area contributed by atoms with Crippen LogP contribution in [0.2, 0.25) is 0 Å². The third-order valence-electron chi connectivity index (χ3n) is 2.15. The Morgan fingerprint density at radius 1 is 1.24 bits per heavy atom. The third-order valence-corrected chi connectivity index (χ3v) is 2.35. The summed E-state index contributed by atoms with van der Waals surface area (Å²) in [5.74, 6) is -3.30. The Kier molecular flexibility index (Phi) is 2.76. The van der Waals surface area contributed by atoms with E-state index in [2.05, 4.69) is 9.97 Å². The molecule has 2 aromatic rings. The SMILES string of the molecule is O=C(O)c1[nH]c(=S)[nH]c1-c1ccc(F)c(F)c1. The zero-order chi connectivity index (χ0) is 12.6. The van der Waals surface area contributed by atoms with Crippen LogP contribution in [-0.4, -0.2) is 21.0 Å². The van der Waals surface area contributed by atoms with E-state index in [1.165, 1.54) is 6.07 Å². The van der Waals surface area contributed by atoms with Crippen LogP contribution in [0.3, 0.4) is 0 Å². The molecule has 0 fully saturated rings. The first-order chi connectivity index (χ1) is 7.99. The van der Waals surface area contributed by atoms with Crippen molar-refractivity contribution in [3.8, 4) is 11.3 Å². The first kappa shape index (κ1) is 11.5. The second kappa shape index (κ2) is 4.10. The van der Waals surface area contributed by atoms with Gasteiger partial charge in [0.25, 0.3) is 0 Å². The fraction of sp³-hybridized carbons (Fsp3) is 0. The minimum Gasteiger partial charge on any atom is -0.477 e. The maximum Gasteiger partial charge on any atom is 0.354 e. The van der Waals surface area contributed by atoms with Gasteiger partial charge in [0, 0.05) is 5.56 Å². The van der Waals surface area contributed by atoms with Crippen molar-refractivity contribution in [2.45, 2.75) is 0 Å². The van der Waals surface area contributed by atoms with Gasteiger partial charge in [-0.1, -0.05) is 0 Å². The predicted molar refractivity (Wildman–Crippen MR) is 58.3 cm³/mol. The number of rotatable bonds is 2. The van der Waals surface area contributed by atoms with E-state index in [1.807, 2.05) is 0 Å². The Morgan fingerprint density at radius 2 is 1.94 bits per heavy atom. The molecule has 0 aliphatic rings. The minimum absolute atomic E-state index is 0.0992. The molecule has 0 radical (unpaired) electrons. The number of carboxylic acid groups (broad SMARTS) is 1. The molecule has 0 amide bonds. The van der Waals surface area contributed by atoms with Gasteiger partial charge < -0.3 is 15.1 Å². The van der Waals surface area contributed by atoms with E-state index in [4.69, 9.17) is 17.3 Å². The summed E-state index contributed by atoms with van der Waals surface area (Å²) in [7, 11) is 0. The standard InChI is InChI=1S/C10H6F2N2O2S/c11-5-2-1-4(3-6(5)12)7-8(9(15)16)14-10(17)13-7/h1-3H,(H,15,16)(H2,13,14,17). The average molecular weight is 256 g/mol. The van der Waals surface area contributed by atoms with Gasteiger partial charge in [-0.3, -0.25) is 0 Å². The fourth-order valence-corrected chi connectivity index (χ4v) is 1.62. The van der Waals surface area contributed by atoms with Crippen molar-refractivity contribution in [1.82, 2.24) is 9.97 Å². The Balaban J connectivity index is 2.63. The second-order valence-corrected chi connectivity index (χ2v) is 3.67. The van der Waals surface area contributed by atoms with Gasteiger partial charge in [-0.15, -0.1) is 0 Å². The van der Waals surface area contributed by atoms with Crippen molar-refractivity contribution in [1.29, 1.82) is 0 Å². The number of H-pyrrole nitrogens is 2. The molecule has 0 atom stereocenters. The molecule has 17 heavy (non-hydrogen) atoms. The van der Waals surface area contributed by atoms with Crippen molar-refractivity contribution in [2.24, 2.45) is 0 Å². The lowest BCUT2D eigenvalue weighted by atomic mass is 10.1. The molecule has 2 rings (SSSR count). The molecule has 0 saturated carbocycles. The number of hydrogen-bond acceptors (Lipinski definition) is 2. The molecule has 1 aromatic carbocycles. The number of aromatic carboxylic acids is 1. The highest BCUT2D eigenvalue weighted by molar-refractivity contribution is 7.71. The molecule has 4 nitrogen and oxygen atoms in total. The lowest BCUT2D eigenvalue weighted by Gasteiger charge is -2.00. The summed E-state index contributed by atoms with van der Waals surface area (Å²) < 4.78 is 25.9. The molecule has 1 heterocycles. The molecule has 0 aliphatic heterocycles. The molecular formula is C10H6F2N2O2S. The first-order valence-electron chi connectivity index (χ1n) is 4.50. The summed E-state index contributed by atoms with van der Waals surface area (Å²) in [6.07, 6.45) is 0. The predicted octanol–water partition coefficient (Wildman–Crippen LogP) is 2.72. The Morgan fingerprint density at radius 3 is 2.53 bits per heavy atom. The number of carbonyl (C=O) groups is 1. The monoisotopic (exact) mass is 256 g/mol. The lowest BCUT2D eigenvalue weighted by Crippen LogP contribution is -1.99. The molecule has 0 spiro atoms. The molecular weight excluding hydrogens is 250 g/mol. The van der Waals surface area contributed by atoms with Crippen LogP contribution >= 0.6 is 12.2 Å². The largest absolute Gasteiger partial charge is 0.477 e.